The highest BCUT2D eigenvalue weighted by molar-refractivity contribution is 6.05. The quantitative estimate of drug-likeness (QED) is 0.852. The third-order valence-corrected chi connectivity index (χ3v) is 2.23. The smallest absolute Gasteiger partial charge is 0.412 e. The Bertz CT molecular complexity index is 489. The van der Waals surface area contributed by atoms with E-state index in [1.165, 1.54) is 14.0 Å². The zero-order valence-electron chi connectivity index (χ0n) is 11.9. The van der Waals surface area contributed by atoms with E-state index in [4.69, 9.17) is 9.47 Å². The highest BCUT2D eigenvalue weighted by Gasteiger charge is 2.19. The summed E-state index contributed by atoms with van der Waals surface area (Å²) in [5.74, 6) is 0.226. The van der Waals surface area contributed by atoms with Gasteiger partial charge in [0.15, 0.2) is 5.78 Å². The third kappa shape index (κ3) is 4.28. The van der Waals surface area contributed by atoms with Crippen molar-refractivity contribution in [3.63, 3.8) is 0 Å². The standard InChI is InChI=1S/C14H19NO4/c1-9(16)12-10(7-6-8-11(12)18-5)15-13(17)19-14(2,3)4/h6-8H,1-5H3,(H,15,17). The van der Waals surface area contributed by atoms with Gasteiger partial charge in [-0.25, -0.2) is 4.79 Å². The Balaban J connectivity index is 3.01. The van der Waals surface area contributed by atoms with Crippen LogP contribution >= 0.6 is 0 Å². The Hall–Kier alpha value is -2.04. The van der Waals surface area contributed by atoms with Crippen molar-refractivity contribution < 1.29 is 19.1 Å². The fourth-order valence-corrected chi connectivity index (χ4v) is 1.58. The lowest BCUT2D eigenvalue weighted by molar-refractivity contribution is 0.0636. The first-order valence-corrected chi connectivity index (χ1v) is 5.92. The summed E-state index contributed by atoms with van der Waals surface area (Å²) in [4.78, 5) is 23.4. The number of hydrogen-bond donors (Lipinski definition) is 1. The van der Waals surface area contributed by atoms with Crippen LogP contribution in [0.2, 0.25) is 0 Å². The normalized spacial score (nSPS) is 10.8. The van der Waals surface area contributed by atoms with E-state index in [0.29, 0.717) is 17.0 Å². The van der Waals surface area contributed by atoms with Crippen LogP contribution < -0.4 is 10.1 Å². The summed E-state index contributed by atoms with van der Waals surface area (Å²) in [6.07, 6.45) is -0.608. The predicted molar refractivity (Wildman–Crippen MR) is 72.9 cm³/mol. The Morgan fingerprint density at radius 3 is 2.32 bits per heavy atom. The van der Waals surface area contributed by atoms with Gasteiger partial charge in [0.25, 0.3) is 0 Å². The summed E-state index contributed by atoms with van der Waals surface area (Å²) in [5, 5.41) is 2.56. The van der Waals surface area contributed by atoms with Crippen LogP contribution in [0.3, 0.4) is 0 Å². The van der Waals surface area contributed by atoms with Gasteiger partial charge in [-0.3, -0.25) is 10.1 Å². The molecular weight excluding hydrogens is 246 g/mol. The maximum absolute atomic E-state index is 11.7. The first-order valence-electron chi connectivity index (χ1n) is 5.92. The first kappa shape index (κ1) is 15.0. The molecule has 0 unspecified atom stereocenters. The van der Waals surface area contributed by atoms with Gasteiger partial charge in [0.1, 0.15) is 11.4 Å². The number of benzene rings is 1. The summed E-state index contributed by atoms with van der Waals surface area (Å²) in [6.45, 7) is 6.72. The van der Waals surface area contributed by atoms with Gasteiger partial charge >= 0.3 is 6.09 Å². The van der Waals surface area contributed by atoms with Crippen LogP contribution in [0.5, 0.6) is 5.75 Å². The number of anilines is 1. The summed E-state index contributed by atoms with van der Waals surface area (Å²) in [6, 6.07) is 4.98. The van der Waals surface area contributed by atoms with Crippen molar-refractivity contribution in [1.29, 1.82) is 0 Å². The summed E-state index contributed by atoms with van der Waals surface area (Å²) in [5.41, 5.74) is 0.108. The van der Waals surface area contributed by atoms with Crippen molar-refractivity contribution in [2.75, 3.05) is 12.4 Å². The molecule has 1 aromatic rings. The van der Waals surface area contributed by atoms with Crippen LogP contribution in [0.4, 0.5) is 10.5 Å². The number of methoxy groups -OCH3 is 1. The maximum Gasteiger partial charge on any atom is 0.412 e. The van der Waals surface area contributed by atoms with E-state index >= 15 is 0 Å². The molecule has 0 aliphatic carbocycles. The molecular formula is C14H19NO4. The molecule has 0 atom stereocenters. The topological polar surface area (TPSA) is 64.6 Å². The summed E-state index contributed by atoms with van der Waals surface area (Å²) in [7, 11) is 1.47. The number of ether oxygens (including phenoxy) is 2. The van der Waals surface area contributed by atoms with Crippen LogP contribution in [0, 0.1) is 0 Å². The molecule has 0 aliphatic rings. The number of carbonyl (C=O) groups is 2. The van der Waals surface area contributed by atoms with Crippen molar-refractivity contribution in [1.82, 2.24) is 0 Å². The number of nitrogens with one attached hydrogen (secondary N) is 1. The molecule has 0 fully saturated rings. The van der Waals surface area contributed by atoms with Crippen LogP contribution in [0.1, 0.15) is 38.1 Å². The van der Waals surface area contributed by atoms with Crippen molar-refractivity contribution in [3.05, 3.63) is 23.8 Å². The van der Waals surface area contributed by atoms with E-state index in [-0.39, 0.29) is 5.78 Å². The molecule has 0 saturated carbocycles. The number of hydrogen-bond acceptors (Lipinski definition) is 4. The van der Waals surface area contributed by atoms with Gasteiger partial charge in [-0.15, -0.1) is 0 Å². The predicted octanol–water partition coefficient (Wildman–Crippen LogP) is 3.24. The lowest BCUT2D eigenvalue weighted by Gasteiger charge is -2.20. The zero-order chi connectivity index (χ0) is 14.6. The van der Waals surface area contributed by atoms with Crippen LogP contribution in [-0.4, -0.2) is 24.6 Å². The van der Waals surface area contributed by atoms with Crippen molar-refractivity contribution >= 4 is 17.6 Å². The van der Waals surface area contributed by atoms with Gasteiger partial charge in [0.05, 0.1) is 18.4 Å². The zero-order valence-corrected chi connectivity index (χ0v) is 11.9. The van der Waals surface area contributed by atoms with Gasteiger partial charge in [-0.2, -0.15) is 0 Å². The Morgan fingerprint density at radius 1 is 1.21 bits per heavy atom. The van der Waals surface area contributed by atoms with Gasteiger partial charge in [-0.1, -0.05) is 6.07 Å². The van der Waals surface area contributed by atoms with Crippen molar-refractivity contribution in [2.45, 2.75) is 33.3 Å². The number of carbonyl (C=O) groups excluding carboxylic acids is 2. The number of rotatable bonds is 3. The monoisotopic (exact) mass is 265 g/mol. The highest BCUT2D eigenvalue weighted by Crippen LogP contribution is 2.27. The van der Waals surface area contributed by atoms with Crippen LogP contribution in [0.15, 0.2) is 18.2 Å². The fraction of sp³-hybridized carbons (Fsp3) is 0.429. The third-order valence-electron chi connectivity index (χ3n) is 2.23. The van der Waals surface area contributed by atoms with E-state index < -0.39 is 11.7 Å². The number of ketones is 1. The number of Topliss-reactive ketones (excluding diaryl/α,β-unsaturated/α-hetero) is 1. The molecule has 1 aromatic carbocycles. The van der Waals surface area contributed by atoms with E-state index in [9.17, 15) is 9.59 Å². The van der Waals surface area contributed by atoms with E-state index in [0.717, 1.165) is 0 Å². The molecule has 0 radical (unpaired) electrons. The molecule has 1 amide bonds. The molecule has 5 heteroatoms. The minimum Gasteiger partial charge on any atom is -0.496 e. The van der Waals surface area contributed by atoms with Crippen LogP contribution in [0.25, 0.3) is 0 Å². The minimum atomic E-state index is -0.608. The molecule has 104 valence electrons. The molecule has 0 bridgehead atoms. The Kier molecular flexibility index (Phi) is 4.53. The van der Waals surface area contributed by atoms with Gasteiger partial charge < -0.3 is 9.47 Å². The summed E-state index contributed by atoms with van der Waals surface area (Å²) < 4.78 is 10.3. The second-order valence-electron chi connectivity index (χ2n) is 5.07. The molecule has 0 aliphatic heterocycles. The largest absolute Gasteiger partial charge is 0.496 e. The average molecular weight is 265 g/mol. The van der Waals surface area contributed by atoms with Gasteiger partial charge in [0, 0.05) is 0 Å². The molecule has 19 heavy (non-hydrogen) atoms. The SMILES string of the molecule is COc1cccc(NC(=O)OC(C)(C)C)c1C(C)=O. The fourth-order valence-electron chi connectivity index (χ4n) is 1.58. The molecule has 0 spiro atoms. The van der Waals surface area contributed by atoms with E-state index in [1.54, 1.807) is 39.0 Å². The maximum atomic E-state index is 11.7. The Morgan fingerprint density at radius 2 is 1.84 bits per heavy atom. The van der Waals surface area contributed by atoms with E-state index in [2.05, 4.69) is 5.32 Å². The molecule has 0 heterocycles. The lowest BCUT2D eigenvalue weighted by Crippen LogP contribution is -2.27. The first-order chi connectivity index (χ1) is 8.74. The second-order valence-corrected chi connectivity index (χ2v) is 5.07. The Labute approximate surface area is 112 Å². The molecule has 1 rings (SSSR count). The van der Waals surface area contributed by atoms with Crippen molar-refractivity contribution in [2.24, 2.45) is 0 Å². The van der Waals surface area contributed by atoms with Crippen LogP contribution in [-0.2, 0) is 4.74 Å². The minimum absolute atomic E-state index is 0.191. The molecule has 0 saturated heterocycles. The molecule has 0 aromatic heterocycles. The lowest BCUT2D eigenvalue weighted by atomic mass is 10.1. The van der Waals surface area contributed by atoms with Gasteiger partial charge in [-0.05, 0) is 39.8 Å². The second kappa shape index (κ2) is 5.73. The van der Waals surface area contributed by atoms with E-state index in [1.807, 2.05) is 0 Å². The summed E-state index contributed by atoms with van der Waals surface area (Å²) >= 11 is 0. The van der Waals surface area contributed by atoms with Crippen molar-refractivity contribution in [3.8, 4) is 5.75 Å². The molecule has 5 nitrogen and oxygen atoms in total. The highest BCUT2D eigenvalue weighted by atomic mass is 16.6. The number of amides is 1. The molecule has 1 N–H and O–H groups in total. The average Bonchev–Trinajstić information content (AvgIpc) is 2.25. The van der Waals surface area contributed by atoms with Gasteiger partial charge in [0.2, 0.25) is 0 Å².